The van der Waals surface area contributed by atoms with E-state index in [2.05, 4.69) is 5.32 Å². The Balaban J connectivity index is 1.67. The highest BCUT2D eigenvalue weighted by Gasteiger charge is 2.28. The summed E-state index contributed by atoms with van der Waals surface area (Å²) in [4.78, 5) is 26.8. The maximum atomic E-state index is 12.1. The summed E-state index contributed by atoms with van der Waals surface area (Å²) >= 11 is 1.65. The molecule has 0 aliphatic carbocycles. The molecule has 0 spiro atoms. The lowest BCUT2D eigenvalue weighted by molar-refractivity contribution is -0.125. The lowest BCUT2D eigenvalue weighted by Gasteiger charge is -2.30. The minimum Gasteiger partial charge on any atom is -0.479 e. The second kappa shape index (κ2) is 6.42. The van der Waals surface area contributed by atoms with Crippen LogP contribution >= 0.6 is 11.3 Å². The minimum absolute atomic E-state index is 0.0441. The van der Waals surface area contributed by atoms with E-state index in [0.29, 0.717) is 23.5 Å². The third kappa shape index (κ3) is 3.37. The van der Waals surface area contributed by atoms with Crippen LogP contribution in [0.1, 0.15) is 18.2 Å². The number of nitrogens with one attached hydrogen (secondary N) is 1. The van der Waals surface area contributed by atoms with Gasteiger partial charge < -0.3 is 15.0 Å². The second-order valence-electron chi connectivity index (χ2n) is 5.47. The molecule has 23 heavy (non-hydrogen) atoms. The topological polar surface area (TPSA) is 58.6 Å². The minimum atomic E-state index is -0.487. The molecule has 0 saturated carbocycles. The van der Waals surface area contributed by atoms with Crippen molar-refractivity contribution in [1.29, 1.82) is 0 Å². The first-order chi connectivity index (χ1) is 11.0. The van der Waals surface area contributed by atoms with Crippen LogP contribution in [0.4, 0.5) is 11.4 Å². The molecule has 0 bridgehead atoms. The molecule has 0 radical (unpaired) electrons. The summed E-state index contributed by atoms with van der Waals surface area (Å²) in [7, 11) is 1.71. The van der Waals surface area contributed by atoms with Crippen molar-refractivity contribution in [2.45, 2.75) is 25.9 Å². The molecule has 1 aromatic carbocycles. The number of carbonyl (C=O) groups excluding carboxylic acids is 2. The van der Waals surface area contributed by atoms with Crippen LogP contribution < -0.4 is 15.0 Å². The number of aryl methyl sites for hydroxylation is 1. The van der Waals surface area contributed by atoms with Gasteiger partial charge in [-0.25, -0.2) is 0 Å². The summed E-state index contributed by atoms with van der Waals surface area (Å²) in [6, 6.07) is 9.34. The molecule has 1 aromatic heterocycles. The van der Waals surface area contributed by atoms with Crippen LogP contribution in [0.15, 0.2) is 35.7 Å². The number of likely N-dealkylation sites (N-methyl/N-ethyl adjacent to an activating group) is 1. The molecule has 3 rings (SSSR count). The molecule has 1 aliphatic rings. The number of amides is 2. The van der Waals surface area contributed by atoms with Crippen LogP contribution in [-0.2, 0) is 16.0 Å². The van der Waals surface area contributed by atoms with E-state index in [-0.39, 0.29) is 11.8 Å². The smallest absolute Gasteiger partial charge is 0.267 e. The van der Waals surface area contributed by atoms with Crippen molar-refractivity contribution in [3.8, 4) is 5.75 Å². The van der Waals surface area contributed by atoms with Crippen molar-refractivity contribution in [3.05, 3.63) is 40.6 Å². The highest BCUT2D eigenvalue weighted by atomic mass is 32.1. The molecule has 120 valence electrons. The number of nitrogens with zero attached hydrogens (tertiary/aromatic N) is 1. The number of carbonyl (C=O) groups is 2. The molecular formula is C17H18N2O3S. The molecule has 2 heterocycles. The van der Waals surface area contributed by atoms with Crippen LogP contribution in [0.2, 0.25) is 0 Å². The van der Waals surface area contributed by atoms with Crippen molar-refractivity contribution >= 4 is 34.5 Å². The lowest BCUT2D eigenvalue weighted by Crippen LogP contribution is -2.41. The molecule has 2 aromatic rings. The quantitative estimate of drug-likeness (QED) is 0.937. The van der Waals surface area contributed by atoms with Gasteiger partial charge in [0.15, 0.2) is 6.10 Å². The van der Waals surface area contributed by atoms with Crippen LogP contribution in [0.5, 0.6) is 5.75 Å². The standard InChI is InChI=1S/C17H18N2O3S/c1-11-17(21)19(2)14-10-12(5-7-15(14)22-11)18-16(20)8-6-13-4-3-9-23-13/h3-5,7,9-11H,6,8H2,1-2H3,(H,18,20). The number of ether oxygens (including phenoxy) is 1. The highest BCUT2D eigenvalue weighted by molar-refractivity contribution is 7.09. The van der Waals surface area contributed by atoms with E-state index >= 15 is 0 Å². The Hall–Kier alpha value is -2.34. The van der Waals surface area contributed by atoms with Gasteiger partial charge in [-0.1, -0.05) is 6.07 Å². The number of thiophene rings is 1. The van der Waals surface area contributed by atoms with E-state index in [1.54, 1.807) is 48.4 Å². The zero-order valence-corrected chi connectivity index (χ0v) is 13.9. The maximum Gasteiger partial charge on any atom is 0.267 e. The van der Waals surface area contributed by atoms with Gasteiger partial charge in [-0.05, 0) is 43.0 Å². The predicted molar refractivity (Wildman–Crippen MR) is 91.2 cm³/mol. The molecule has 1 N–H and O–H groups in total. The molecular weight excluding hydrogens is 312 g/mol. The predicted octanol–water partition coefficient (Wildman–Crippen LogP) is 3.06. The molecule has 0 saturated heterocycles. The van der Waals surface area contributed by atoms with Crippen molar-refractivity contribution in [1.82, 2.24) is 0 Å². The van der Waals surface area contributed by atoms with E-state index in [1.165, 1.54) is 4.88 Å². The average molecular weight is 330 g/mol. The summed E-state index contributed by atoms with van der Waals surface area (Å²) in [6.07, 6.45) is 0.673. The van der Waals surface area contributed by atoms with Gasteiger partial charge in [0.1, 0.15) is 5.75 Å². The highest BCUT2D eigenvalue weighted by Crippen LogP contribution is 2.35. The summed E-state index contributed by atoms with van der Waals surface area (Å²) in [5, 5.41) is 4.88. The molecule has 1 aliphatic heterocycles. The first kappa shape index (κ1) is 15.6. The number of anilines is 2. The Labute approximate surface area is 138 Å². The molecule has 1 atom stereocenters. The van der Waals surface area contributed by atoms with Gasteiger partial charge in [0.05, 0.1) is 5.69 Å². The molecule has 6 heteroatoms. The molecule has 0 fully saturated rings. The van der Waals surface area contributed by atoms with E-state index < -0.39 is 6.10 Å². The molecule has 2 amide bonds. The number of fused-ring (bicyclic) bond motifs is 1. The first-order valence-electron chi connectivity index (χ1n) is 7.45. The fraction of sp³-hybridized carbons (Fsp3) is 0.294. The van der Waals surface area contributed by atoms with Crippen molar-refractivity contribution in [2.75, 3.05) is 17.3 Å². The van der Waals surface area contributed by atoms with Crippen molar-refractivity contribution < 1.29 is 14.3 Å². The van der Waals surface area contributed by atoms with E-state index in [0.717, 1.165) is 6.42 Å². The van der Waals surface area contributed by atoms with Crippen LogP contribution in [0.3, 0.4) is 0 Å². The number of rotatable bonds is 4. The number of benzene rings is 1. The van der Waals surface area contributed by atoms with Crippen LogP contribution in [-0.4, -0.2) is 25.0 Å². The Morgan fingerprint density at radius 2 is 2.22 bits per heavy atom. The summed E-state index contributed by atoms with van der Waals surface area (Å²) in [6.45, 7) is 1.72. The Bertz CT molecular complexity index is 727. The zero-order valence-electron chi connectivity index (χ0n) is 13.0. The van der Waals surface area contributed by atoms with E-state index in [9.17, 15) is 9.59 Å². The fourth-order valence-corrected chi connectivity index (χ4v) is 3.21. The maximum absolute atomic E-state index is 12.1. The normalized spacial score (nSPS) is 16.7. The lowest BCUT2D eigenvalue weighted by atomic mass is 10.1. The number of hydrogen-bond donors (Lipinski definition) is 1. The third-order valence-corrected chi connectivity index (χ3v) is 4.70. The first-order valence-corrected chi connectivity index (χ1v) is 8.33. The average Bonchev–Trinajstić information content (AvgIpc) is 3.05. The summed E-state index contributed by atoms with van der Waals surface area (Å²) < 4.78 is 5.57. The summed E-state index contributed by atoms with van der Waals surface area (Å²) in [5.74, 6) is 0.507. The van der Waals surface area contributed by atoms with Gasteiger partial charge in [0, 0.05) is 24.0 Å². The van der Waals surface area contributed by atoms with Gasteiger partial charge in [-0.3, -0.25) is 9.59 Å². The zero-order chi connectivity index (χ0) is 16.4. The monoisotopic (exact) mass is 330 g/mol. The van der Waals surface area contributed by atoms with Gasteiger partial charge >= 0.3 is 0 Å². The Morgan fingerprint density at radius 3 is 2.96 bits per heavy atom. The van der Waals surface area contributed by atoms with Crippen LogP contribution in [0.25, 0.3) is 0 Å². The van der Waals surface area contributed by atoms with E-state index in [1.807, 2.05) is 17.5 Å². The second-order valence-corrected chi connectivity index (χ2v) is 6.50. The van der Waals surface area contributed by atoms with Crippen LogP contribution in [0, 0.1) is 0 Å². The van der Waals surface area contributed by atoms with Crippen molar-refractivity contribution in [2.24, 2.45) is 0 Å². The van der Waals surface area contributed by atoms with Gasteiger partial charge in [0.25, 0.3) is 5.91 Å². The fourth-order valence-electron chi connectivity index (χ4n) is 2.50. The van der Waals surface area contributed by atoms with E-state index in [4.69, 9.17) is 4.74 Å². The number of hydrogen-bond acceptors (Lipinski definition) is 4. The molecule has 5 nitrogen and oxygen atoms in total. The SMILES string of the molecule is CC1Oc2ccc(NC(=O)CCc3cccs3)cc2N(C)C1=O. The van der Waals surface area contributed by atoms with Gasteiger partial charge in [-0.2, -0.15) is 0 Å². The Morgan fingerprint density at radius 1 is 1.39 bits per heavy atom. The largest absolute Gasteiger partial charge is 0.479 e. The Kier molecular flexibility index (Phi) is 4.34. The van der Waals surface area contributed by atoms with Crippen molar-refractivity contribution in [3.63, 3.8) is 0 Å². The molecule has 1 unspecified atom stereocenters. The third-order valence-electron chi connectivity index (χ3n) is 3.76. The van der Waals surface area contributed by atoms with Gasteiger partial charge in [-0.15, -0.1) is 11.3 Å². The van der Waals surface area contributed by atoms with Gasteiger partial charge in [0.2, 0.25) is 5.91 Å². The summed E-state index contributed by atoms with van der Waals surface area (Å²) in [5.41, 5.74) is 1.34.